The monoisotopic (exact) mass is 382 g/mol. The van der Waals surface area contributed by atoms with Crippen molar-refractivity contribution in [1.82, 2.24) is 0 Å². The van der Waals surface area contributed by atoms with E-state index < -0.39 is 17.5 Å². The normalized spacial score (nSPS) is 10.6. The lowest BCUT2D eigenvalue weighted by atomic mass is 9.94. The molecule has 2 aromatic carbocycles. The van der Waals surface area contributed by atoms with Gasteiger partial charge in [-0.05, 0) is 49.2 Å². The number of hydrogen-bond donors (Lipinski definition) is 0. The Kier molecular flexibility index (Phi) is 6.32. The third-order valence-electron chi connectivity index (χ3n) is 4.06. The second-order valence-corrected chi connectivity index (χ2v) is 6.33. The van der Waals surface area contributed by atoms with Crippen molar-refractivity contribution in [3.05, 3.63) is 47.5 Å². The molecule has 0 saturated heterocycles. The molecule has 2 aromatic rings. The lowest BCUT2D eigenvalue weighted by Gasteiger charge is -2.23. The van der Waals surface area contributed by atoms with Crippen LogP contribution in [0.4, 0.5) is 0 Å². The highest BCUT2D eigenvalue weighted by molar-refractivity contribution is 6.09. The lowest BCUT2D eigenvalue weighted by Crippen LogP contribution is -2.27. The zero-order valence-electron chi connectivity index (χ0n) is 16.5. The number of hydrogen-bond acceptors (Lipinski definition) is 6. The van der Waals surface area contributed by atoms with Crippen molar-refractivity contribution in [2.75, 3.05) is 21.3 Å². The molecule has 0 fully saturated rings. The van der Waals surface area contributed by atoms with Crippen molar-refractivity contribution in [1.29, 1.82) is 0 Å². The largest absolute Gasteiger partial charge is 0.497 e. The minimum atomic E-state index is -1.00. The highest BCUT2D eigenvalue weighted by Gasteiger charge is 2.30. The van der Waals surface area contributed by atoms with E-state index in [4.69, 9.17) is 25.4 Å². The van der Waals surface area contributed by atoms with E-state index in [0.717, 1.165) is 0 Å². The molecule has 0 atom stereocenters. The molecule has 0 saturated carbocycles. The van der Waals surface area contributed by atoms with Gasteiger partial charge in [0.2, 0.25) is 0 Å². The van der Waals surface area contributed by atoms with Crippen molar-refractivity contribution in [2.45, 2.75) is 19.4 Å². The topological polar surface area (TPSA) is 71.1 Å². The van der Waals surface area contributed by atoms with Gasteiger partial charge in [-0.1, -0.05) is 18.1 Å². The first-order valence-electron chi connectivity index (χ1n) is 8.42. The maximum Gasteiger partial charge on any atom is 0.342 e. The Morgan fingerprint density at radius 1 is 0.893 bits per heavy atom. The molecule has 0 heterocycles. The molecule has 0 aliphatic carbocycles. The van der Waals surface area contributed by atoms with Crippen molar-refractivity contribution >= 4 is 11.9 Å². The smallest absolute Gasteiger partial charge is 0.342 e. The first-order valence-corrected chi connectivity index (χ1v) is 8.42. The fourth-order valence-corrected chi connectivity index (χ4v) is 2.60. The van der Waals surface area contributed by atoms with E-state index >= 15 is 0 Å². The minimum Gasteiger partial charge on any atom is -0.497 e. The average Bonchev–Trinajstić information content (AvgIpc) is 2.72. The Labute approximate surface area is 164 Å². The third-order valence-corrected chi connectivity index (χ3v) is 4.06. The summed E-state index contributed by atoms with van der Waals surface area (Å²) in [6, 6.07) is 10.3. The molecule has 0 aromatic heterocycles. The van der Waals surface area contributed by atoms with Crippen LogP contribution in [0.2, 0.25) is 0 Å². The van der Waals surface area contributed by atoms with Crippen molar-refractivity contribution in [3.8, 4) is 35.0 Å². The first-order chi connectivity index (χ1) is 13.3. The van der Waals surface area contributed by atoms with Gasteiger partial charge in [-0.15, -0.1) is 6.42 Å². The summed E-state index contributed by atoms with van der Waals surface area (Å²) in [5.41, 5.74) is 0.156. The van der Waals surface area contributed by atoms with E-state index in [1.54, 1.807) is 57.4 Å². The van der Waals surface area contributed by atoms with Gasteiger partial charge in [-0.3, -0.25) is 0 Å². The molecule has 146 valence electrons. The van der Waals surface area contributed by atoms with Crippen LogP contribution in [0.3, 0.4) is 0 Å². The van der Waals surface area contributed by atoms with E-state index in [2.05, 4.69) is 5.92 Å². The van der Waals surface area contributed by atoms with Gasteiger partial charge in [0.05, 0.1) is 26.9 Å². The average molecular weight is 382 g/mol. The van der Waals surface area contributed by atoms with Crippen LogP contribution in [0.25, 0.3) is 11.1 Å². The number of ether oxygens (including phenoxy) is 4. The zero-order chi connectivity index (χ0) is 20.9. The van der Waals surface area contributed by atoms with Gasteiger partial charge in [-0.2, -0.15) is 0 Å². The van der Waals surface area contributed by atoms with Crippen LogP contribution < -0.4 is 9.47 Å². The summed E-state index contributed by atoms with van der Waals surface area (Å²) in [7, 11) is 4.02. The molecule has 6 heteroatoms. The van der Waals surface area contributed by atoms with Crippen LogP contribution in [0.5, 0.6) is 11.5 Å². The van der Waals surface area contributed by atoms with Gasteiger partial charge < -0.3 is 18.9 Å². The maximum absolute atomic E-state index is 12.6. The second-order valence-electron chi connectivity index (χ2n) is 6.33. The number of rotatable bonds is 6. The molecule has 0 radical (unpaired) electrons. The van der Waals surface area contributed by atoms with E-state index in [9.17, 15) is 9.59 Å². The van der Waals surface area contributed by atoms with Gasteiger partial charge in [0.15, 0.2) is 5.60 Å². The number of esters is 2. The highest BCUT2D eigenvalue weighted by atomic mass is 16.5. The predicted octanol–water partition coefficient (Wildman–Crippen LogP) is 3.73. The highest BCUT2D eigenvalue weighted by Crippen LogP contribution is 2.35. The minimum absolute atomic E-state index is 0.0323. The number of terminal acetylenes is 1. The molecule has 0 aliphatic rings. The fraction of sp³-hybridized carbons (Fsp3) is 0.273. The van der Waals surface area contributed by atoms with Crippen LogP contribution in [-0.4, -0.2) is 38.9 Å². The molecule has 6 nitrogen and oxygen atoms in total. The summed E-state index contributed by atoms with van der Waals surface area (Å²) in [6.45, 7) is 3.34. The van der Waals surface area contributed by atoms with Crippen molar-refractivity contribution < 1.29 is 28.5 Å². The van der Waals surface area contributed by atoms with Gasteiger partial charge in [-0.25, -0.2) is 9.59 Å². The SMILES string of the molecule is C#CC(C)(C)Oc1ccc(-c2ccc(OC)cc2)c(C(=O)OC)c1C(=O)OC. The molecule has 0 spiro atoms. The molecule has 28 heavy (non-hydrogen) atoms. The first kappa shape index (κ1) is 20.8. The zero-order valence-corrected chi connectivity index (χ0v) is 16.5. The van der Waals surface area contributed by atoms with E-state index in [0.29, 0.717) is 16.9 Å². The Morgan fingerprint density at radius 2 is 1.46 bits per heavy atom. The number of methoxy groups -OCH3 is 3. The summed E-state index contributed by atoms with van der Waals surface area (Å²) in [6.07, 6.45) is 5.49. The van der Waals surface area contributed by atoms with Crippen molar-refractivity contribution in [2.24, 2.45) is 0 Å². The molecule has 0 N–H and O–H groups in total. The molecule has 2 rings (SSSR count). The standard InChI is InChI=1S/C22H22O6/c1-7-22(2,3)28-17-13-12-16(14-8-10-15(25-4)11-9-14)18(20(23)26-5)19(17)21(24)27-6/h1,8-13H,2-6H3. The van der Waals surface area contributed by atoms with Gasteiger partial charge in [0, 0.05) is 0 Å². The van der Waals surface area contributed by atoms with E-state index in [-0.39, 0.29) is 16.9 Å². The van der Waals surface area contributed by atoms with Gasteiger partial charge in [0.25, 0.3) is 0 Å². The molecule has 0 unspecified atom stereocenters. The summed E-state index contributed by atoms with van der Waals surface area (Å²) in [5.74, 6) is 1.85. The maximum atomic E-state index is 12.6. The Bertz CT molecular complexity index is 919. The third kappa shape index (κ3) is 4.26. The van der Waals surface area contributed by atoms with Gasteiger partial charge >= 0.3 is 11.9 Å². The van der Waals surface area contributed by atoms with E-state index in [1.165, 1.54) is 14.2 Å². The Balaban J connectivity index is 2.78. The molecule has 0 bridgehead atoms. The fourth-order valence-electron chi connectivity index (χ4n) is 2.60. The summed E-state index contributed by atoms with van der Waals surface area (Å²) in [5, 5.41) is 0. The van der Waals surface area contributed by atoms with Crippen LogP contribution in [0.15, 0.2) is 36.4 Å². The Morgan fingerprint density at radius 3 is 1.96 bits per heavy atom. The van der Waals surface area contributed by atoms with Gasteiger partial charge in [0.1, 0.15) is 17.1 Å². The number of carbonyl (C=O) groups is 2. The number of carbonyl (C=O) groups excluding carboxylic acids is 2. The predicted molar refractivity (Wildman–Crippen MR) is 105 cm³/mol. The van der Waals surface area contributed by atoms with Crippen LogP contribution in [-0.2, 0) is 9.47 Å². The van der Waals surface area contributed by atoms with Crippen molar-refractivity contribution in [3.63, 3.8) is 0 Å². The molecule has 0 aliphatic heterocycles. The van der Waals surface area contributed by atoms with Crippen LogP contribution >= 0.6 is 0 Å². The van der Waals surface area contributed by atoms with Crippen LogP contribution in [0.1, 0.15) is 34.6 Å². The molecular formula is C22H22O6. The number of benzene rings is 2. The van der Waals surface area contributed by atoms with E-state index in [1.807, 2.05) is 0 Å². The summed E-state index contributed by atoms with van der Waals surface area (Å²) >= 11 is 0. The molecular weight excluding hydrogens is 360 g/mol. The molecule has 0 amide bonds. The quantitative estimate of drug-likeness (QED) is 0.560. The summed E-state index contributed by atoms with van der Waals surface area (Å²) in [4.78, 5) is 25.2. The Hall–Kier alpha value is -3.46. The summed E-state index contributed by atoms with van der Waals surface area (Å²) < 4.78 is 20.8. The van der Waals surface area contributed by atoms with Crippen LogP contribution in [0, 0.1) is 12.3 Å². The second kappa shape index (κ2) is 8.49. The lowest BCUT2D eigenvalue weighted by molar-refractivity contribution is 0.0547.